The Kier molecular flexibility index (Phi) is 2.60. The number of imidazole rings is 1. The summed E-state index contributed by atoms with van der Waals surface area (Å²) in [5, 5.41) is 3.30. The van der Waals surface area contributed by atoms with Gasteiger partial charge in [-0.25, -0.2) is 9.37 Å². The van der Waals surface area contributed by atoms with Gasteiger partial charge in [-0.3, -0.25) is 4.98 Å². The lowest BCUT2D eigenvalue weighted by atomic mass is 10.1. The van der Waals surface area contributed by atoms with Crippen molar-refractivity contribution in [3.8, 4) is 11.3 Å². The fraction of sp³-hybridized carbons (Fsp3) is 0.333. The molecule has 5 heteroatoms. The van der Waals surface area contributed by atoms with Crippen molar-refractivity contribution < 1.29 is 4.39 Å². The van der Waals surface area contributed by atoms with Gasteiger partial charge in [0.15, 0.2) is 0 Å². The number of nitrogens with one attached hydrogen (secondary N) is 2. The smallest absolute Gasteiger partial charge is 0.142 e. The molecule has 0 saturated carbocycles. The highest BCUT2D eigenvalue weighted by Crippen LogP contribution is 2.23. The van der Waals surface area contributed by atoms with E-state index < -0.39 is 0 Å². The maximum Gasteiger partial charge on any atom is 0.142 e. The molecule has 0 aliphatic carbocycles. The van der Waals surface area contributed by atoms with Crippen LogP contribution in [-0.4, -0.2) is 28.0 Å². The minimum absolute atomic E-state index is 0.332. The first-order chi connectivity index (χ1) is 8.33. The Morgan fingerprint density at radius 2 is 2.24 bits per heavy atom. The highest BCUT2D eigenvalue weighted by Gasteiger charge is 2.19. The van der Waals surface area contributed by atoms with E-state index in [9.17, 15) is 4.39 Å². The number of aromatic nitrogens is 3. The van der Waals surface area contributed by atoms with Crippen molar-refractivity contribution in [2.75, 3.05) is 13.1 Å². The predicted octanol–water partition coefficient (Wildman–Crippen LogP) is 1.69. The molecule has 17 heavy (non-hydrogen) atoms. The number of aromatic amines is 1. The second-order valence-corrected chi connectivity index (χ2v) is 4.26. The fourth-order valence-corrected chi connectivity index (χ4v) is 2.14. The summed E-state index contributed by atoms with van der Waals surface area (Å²) in [6, 6.07) is 1.46. The third kappa shape index (κ3) is 2.06. The number of hydrogen-bond donors (Lipinski definition) is 2. The van der Waals surface area contributed by atoms with Crippen LogP contribution < -0.4 is 5.32 Å². The number of halogens is 1. The second-order valence-electron chi connectivity index (χ2n) is 4.26. The first-order valence-electron chi connectivity index (χ1n) is 5.69. The van der Waals surface area contributed by atoms with Crippen molar-refractivity contribution in [2.24, 2.45) is 0 Å². The summed E-state index contributed by atoms with van der Waals surface area (Å²) < 4.78 is 13.1. The highest BCUT2D eigenvalue weighted by atomic mass is 19.1. The number of H-pyrrole nitrogens is 1. The first kappa shape index (κ1) is 10.4. The summed E-state index contributed by atoms with van der Waals surface area (Å²) in [4.78, 5) is 11.4. The predicted molar refractivity (Wildman–Crippen MR) is 62.0 cm³/mol. The van der Waals surface area contributed by atoms with E-state index >= 15 is 0 Å². The van der Waals surface area contributed by atoms with Gasteiger partial charge in [-0.1, -0.05) is 0 Å². The zero-order valence-electron chi connectivity index (χ0n) is 9.28. The van der Waals surface area contributed by atoms with Gasteiger partial charge in [0.1, 0.15) is 11.6 Å². The van der Waals surface area contributed by atoms with Crippen LogP contribution in [0.15, 0.2) is 24.7 Å². The molecule has 0 amide bonds. The molecule has 3 rings (SSSR count). The molecule has 2 N–H and O–H groups in total. The molecular weight excluding hydrogens is 219 g/mol. The maximum atomic E-state index is 13.1. The molecule has 0 aromatic carbocycles. The van der Waals surface area contributed by atoms with Crippen LogP contribution >= 0.6 is 0 Å². The zero-order chi connectivity index (χ0) is 11.7. The quantitative estimate of drug-likeness (QED) is 0.828. The largest absolute Gasteiger partial charge is 0.342 e. The Morgan fingerprint density at radius 3 is 3.00 bits per heavy atom. The van der Waals surface area contributed by atoms with Crippen molar-refractivity contribution >= 4 is 0 Å². The number of nitrogens with zero attached hydrogens (tertiary/aromatic N) is 2. The molecule has 1 aliphatic heterocycles. The number of rotatable bonds is 2. The standard InChI is InChI=1S/C12H13FN4/c13-10-3-9(5-15-6-10)11-7-16-12(17-11)8-1-2-14-4-8/h3,5-8,14H,1-2,4H2,(H,16,17). The van der Waals surface area contributed by atoms with Gasteiger partial charge in [0.05, 0.1) is 18.1 Å². The van der Waals surface area contributed by atoms with Crippen LogP contribution in [0.4, 0.5) is 4.39 Å². The van der Waals surface area contributed by atoms with Crippen LogP contribution in [0.1, 0.15) is 18.2 Å². The van der Waals surface area contributed by atoms with Gasteiger partial charge in [0.2, 0.25) is 0 Å². The molecule has 1 aliphatic rings. The lowest BCUT2D eigenvalue weighted by Crippen LogP contribution is -2.08. The first-order valence-corrected chi connectivity index (χ1v) is 5.69. The molecule has 1 unspecified atom stereocenters. The summed E-state index contributed by atoms with van der Waals surface area (Å²) in [5.41, 5.74) is 1.55. The van der Waals surface area contributed by atoms with Gasteiger partial charge in [-0.05, 0) is 19.0 Å². The number of pyridine rings is 1. The van der Waals surface area contributed by atoms with E-state index in [0.29, 0.717) is 5.92 Å². The molecule has 0 spiro atoms. The van der Waals surface area contributed by atoms with E-state index in [2.05, 4.69) is 20.3 Å². The topological polar surface area (TPSA) is 53.6 Å². The zero-order valence-corrected chi connectivity index (χ0v) is 9.28. The molecule has 88 valence electrons. The minimum Gasteiger partial charge on any atom is -0.342 e. The minimum atomic E-state index is -0.332. The Labute approximate surface area is 98.3 Å². The van der Waals surface area contributed by atoms with Crippen molar-refractivity contribution in [1.29, 1.82) is 0 Å². The summed E-state index contributed by atoms with van der Waals surface area (Å²) in [7, 11) is 0. The maximum absolute atomic E-state index is 13.1. The van der Waals surface area contributed by atoms with Gasteiger partial charge < -0.3 is 10.3 Å². The van der Waals surface area contributed by atoms with E-state index in [-0.39, 0.29) is 5.82 Å². The van der Waals surface area contributed by atoms with Crippen molar-refractivity contribution in [1.82, 2.24) is 20.3 Å². The van der Waals surface area contributed by atoms with E-state index in [1.54, 1.807) is 12.4 Å². The van der Waals surface area contributed by atoms with Gasteiger partial charge in [0.25, 0.3) is 0 Å². The Bertz CT molecular complexity index is 517. The molecule has 1 saturated heterocycles. The Hall–Kier alpha value is -1.75. The van der Waals surface area contributed by atoms with Crippen LogP contribution in [-0.2, 0) is 0 Å². The highest BCUT2D eigenvalue weighted by molar-refractivity contribution is 5.57. The van der Waals surface area contributed by atoms with Gasteiger partial charge in [0, 0.05) is 24.2 Å². The summed E-state index contributed by atoms with van der Waals surface area (Å²) >= 11 is 0. The summed E-state index contributed by atoms with van der Waals surface area (Å²) in [6.07, 6.45) is 5.66. The molecule has 3 heterocycles. The molecular formula is C12H13FN4. The van der Waals surface area contributed by atoms with Crippen molar-refractivity contribution in [3.05, 3.63) is 36.3 Å². The van der Waals surface area contributed by atoms with Crippen molar-refractivity contribution in [3.63, 3.8) is 0 Å². The molecule has 2 aromatic heterocycles. The van der Waals surface area contributed by atoms with Gasteiger partial charge >= 0.3 is 0 Å². The SMILES string of the molecule is Fc1cncc(-c2cnc(C3CCNC3)[nH]2)c1. The third-order valence-corrected chi connectivity index (χ3v) is 3.06. The average molecular weight is 232 g/mol. The van der Waals surface area contributed by atoms with Crippen LogP contribution in [0.5, 0.6) is 0 Å². The van der Waals surface area contributed by atoms with Crippen LogP contribution in [0.3, 0.4) is 0 Å². The molecule has 4 nitrogen and oxygen atoms in total. The van der Waals surface area contributed by atoms with E-state index in [0.717, 1.165) is 36.6 Å². The second kappa shape index (κ2) is 4.25. The Morgan fingerprint density at radius 1 is 1.29 bits per heavy atom. The molecule has 0 radical (unpaired) electrons. The molecule has 2 aromatic rings. The lowest BCUT2D eigenvalue weighted by molar-refractivity contribution is 0.622. The summed E-state index contributed by atoms with van der Waals surface area (Å²) in [6.45, 7) is 1.98. The third-order valence-electron chi connectivity index (χ3n) is 3.06. The normalized spacial score (nSPS) is 19.7. The van der Waals surface area contributed by atoms with E-state index in [4.69, 9.17) is 0 Å². The van der Waals surface area contributed by atoms with Crippen LogP contribution in [0.2, 0.25) is 0 Å². The van der Waals surface area contributed by atoms with Gasteiger partial charge in [-0.15, -0.1) is 0 Å². The molecule has 0 bridgehead atoms. The van der Waals surface area contributed by atoms with Crippen LogP contribution in [0.25, 0.3) is 11.3 Å². The lowest BCUT2D eigenvalue weighted by Gasteiger charge is -2.03. The van der Waals surface area contributed by atoms with Crippen LogP contribution in [0, 0.1) is 5.82 Å². The average Bonchev–Trinajstić information content (AvgIpc) is 3.00. The van der Waals surface area contributed by atoms with E-state index in [1.807, 2.05) is 0 Å². The summed E-state index contributed by atoms with van der Waals surface area (Å²) in [5.74, 6) is 1.07. The fourth-order valence-electron chi connectivity index (χ4n) is 2.14. The van der Waals surface area contributed by atoms with Gasteiger partial charge in [-0.2, -0.15) is 0 Å². The molecule has 1 atom stereocenters. The molecule has 1 fully saturated rings. The monoisotopic (exact) mass is 232 g/mol. The van der Waals surface area contributed by atoms with E-state index in [1.165, 1.54) is 12.3 Å². The Balaban J connectivity index is 1.89. The number of hydrogen-bond acceptors (Lipinski definition) is 3. The van der Waals surface area contributed by atoms with Crippen molar-refractivity contribution in [2.45, 2.75) is 12.3 Å².